The highest BCUT2D eigenvalue weighted by Gasteiger charge is 2.17. The fourth-order valence-electron chi connectivity index (χ4n) is 2.82. The van der Waals surface area contributed by atoms with Crippen LogP contribution in [0.1, 0.15) is 28.8 Å². The van der Waals surface area contributed by atoms with E-state index in [4.69, 9.17) is 9.47 Å². The van der Waals surface area contributed by atoms with Gasteiger partial charge < -0.3 is 20.1 Å². The van der Waals surface area contributed by atoms with Crippen LogP contribution in [0.5, 0.6) is 5.75 Å². The highest BCUT2D eigenvalue weighted by Crippen LogP contribution is 2.19. The van der Waals surface area contributed by atoms with E-state index in [9.17, 15) is 4.79 Å². The van der Waals surface area contributed by atoms with E-state index in [-0.39, 0.29) is 12.0 Å². The zero-order valence-corrected chi connectivity index (χ0v) is 14.3. The lowest BCUT2D eigenvalue weighted by molar-refractivity contribution is 0.0857. The third kappa shape index (κ3) is 4.70. The number of rotatable bonds is 7. The van der Waals surface area contributed by atoms with Crippen molar-refractivity contribution < 1.29 is 14.3 Å². The van der Waals surface area contributed by atoms with Gasteiger partial charge in [0.05, 0.1) is 24.5 Å². The van der Waals surface area contributed by atoms with E-state index in [0.717, 1.165) is 36.4 Å². The molecule has 6 heteroatoms. The molecule has 1 aromatic carbocycles. The normalized spacial score (nSPS) is 16.4. The molecular weight excluding hydrogens is 318 g/mol. The van der Waals surface area contributed by atoms with Gasteiger partial charge in [-0.3, -0.25) is 9.78 Å². The van der Waals surface area contributed by atoms with Crippen molar-refractivity contribution >= 4 is 11.6 Å². The highest BCUT2D eigenvalue weighted by atomic mass is 16.5. The van der Waals surface area contributed by atoms with Crippen LogP contribution in [0, 0.1) is 0 Å². The number of pyridine rings is 1. The second kappa shape index (κ2) is 8.48. The molecule has 1 atom stereocenters. The molecule has 1 aromatic heterocycles. The SMILES string of the molecule is COc1ccccc1CNc1cncc(C(=O)NCC2CCCO2)c1. The molecule has 2 N–H and O–H groups in total. The number of hydrogen-bond donors (Lipinski definition) is 2. The van der Waals surface area contributed by atoms with Crippen LogP contribution in [-0.2, 0) is 11.3 Å². The predicted octanol–water partition coefficient (Wildman–Crippen LogP) is 2.61. The van der Waals surface area contributed by atoms with Gasteiger partial charge >= 0.3 is 0 Å². The predicted molar refractivity (Wildman–Crippen MR) is 95.9 cm³/mol. The molecule has 132 valence electrons. The number of hydrogen-bond acceptors (Lipinski definition) is 5. The van der Waals surface area contributed by atoms with E-state index in [1.807, 2.05) is 24.3 Å². The summed E-state index contributed by atoms with van der Waals surface area (Å²) in [5.74, 6) is 0.692. The number of benzene rings is 1. The molecule has 0 radical (unpaired) electrons. The van der Waals surface area contributed by atoms with Crippen LogP contribution in [0.2, 0.25) is 0 Å². The summed E-state index contributed by atoms with van der Waals surface area (Å²) in [6.45, 7) is 1.91. The quantitative estimate of drug-likeness (QED) is 0.810. The van der Waals surface area contributed by atoms with Gasteiger partial charge in [0.15, 0.2) is 0 Å². The van der Waals surface area contributed by atoms with Crippen LogP contribution in [0.4, 0.5) is 5.69 Å². The molecule has 0 bridgehead atoms. The molecule has 0 spiro atoms. The van der Waals surface area contributed by atoms with Crippen molar-refractivity contribution in [1.29, 1.82) is 0 Å². The molecule has 1 amide bonds. The molecule has 1 saturated heterocycles. The molecule has 1 aliphatic rings. The topological polar surface area (TPSA) is 72.5 Å². The summed E-state index contributed by atoms with van der Waals surface area (Å²) in [6, 6.07) is 9.62. The third-order valence-electron chi connectivity index (χ3n) is 4.19. The summed E-state index contributed by atoms with van der Waals surface area (Å²) < 4.78 is 10.9. The zero-order chi connectivity index (χ0) is 17.5. The van der Waals surface area contributed by atoms with Crippen LogP contribution in [0.3, 0.4) is 0 Å². The van der Waals surface area contributed by atoms with E-state index in [1.54, 1.807) is 25.6 Å². The minimum atomic E-state index is -0.135. The second-order valence-corrected chi connectivity index (χ2v) is 5.97. The van der Waals surface area contributed by atoms with Crippen molar-refractivity contribution in [2.24, 2.45) is 0 Å². The van der Waals surface area contributed by atoms with Gasteiger partial charge in [0.1, 0.15) is 5.75 Å². The minimum Gasteiger partial charge on any atom is -0.496 e. The number of nitrogens with zero attached hydrogens (tertiary/aromatic N) is 1. The first kappa shape index (κ1) is 17.2. The standard InChI is InChI=1S/C19H23N3O3/c1-24-18-7-3-2-5-14(18)11-21-16-9-15(10-20-12-16)19(23)22-13-17-6-4-8-25-17/h2-3,5,7,9-10,12,17,21H,4,6,8,11,13H2,1H3,(H,22,23). The smallest absolute Gasteiger partial charge is 0.253 e. The average Bonchev–Trinajstić information content (AvgIpc) is 3.18. The van der Waals surface area contributed by atoms with Crippen LogP contribution in [0.15, 0.2) is 42.7 Å². The van der Waals surface area contributed by atoms with Gasteiger partial charge in [0.25, 0.3) is 5.91 Å². The van der Waals surface area contributed by atoms with Gasteiger partial charge in [-0.15, -0.1) is 0 Å². The molecule has 2 aromatic rings. The van der Waals surface area contributed by atoms with E-state index in [2.05, 4.69) is 15.6 Å². The lowest BCUT2D eigenvalue weighted by Gasteiger charge is -2.12. The van der Waals surface area contributed by atoms with Crippen molar-refractivity contribution in [2.45, 2.75) is 25.5 Å². The molecule has 0 aliphatic carbocycles. The number of amides is 1. The summed E-state index contributed by atoms with van der Waals surface area (Å²) in [4.78, 5) is 16.4. The minimum absolute atomic E-state index is 0.128. The van der Waals surface area contributed by atoms with Crippen molar-refractivity contribution in [3.63, 3.8) is 0 Å². The molecule has 6 nitrogen and oxygen atoms in total. The largest absolute Gasteiger partial charge is 0.496 e. The Morgan fingerprint density at radius 2 is 2.24 bits per heavy atom. The van der Waals surface area contributed by atoms with Crippen molar-refractivity contribution in [1.82, 2.24) is 10.3 Å². The molecule has 0 saturated carbocycles. The van der Waals surface area contributed by atoms with E-state index in [1.165, 1.54) is 0 Å². The first-order valence-electron chi connectivity index (χ1n) is 8.47. The lowest BCUT2D eigenvalue weighted by atomic mass is 10.2. The van der Waals surface area contributed by atoms with E-state index >= 15 is 0 Å². The molecule has 2 heterocycles. The average molecular weight is 341 g/mol. The number of carbonyl (C=O) groups excluding carboxylic acids is 1. The molecule has 3 rings (SSSR count). The lowest BCUT2D eigenvalue weighted by Crippen LogP contribution is -2.31. The van der Waals surface area contributed by atoms with Crippen molar-refractivity contribution in [2.75, 3.05) is 25.6 Å². The first-order chi connectivity index (χ1) is 12.3. The molecule has 1 aliphatic heterocycles. The highest BCUT2D eigenvalue weighted by molar-refractivity contribution is 5.94. The summed E-state index contributed by atoms with van der Waals surface area (Å²) in [5, 5.41) is 6.19. The van der Waals surface area contributed by atoms with Gasteiger partial charge in [-0.25, -0.2) is 0 Å². The van der Waals surface area contributed by atoms with Gasteiger partial charge in [0, 0.05) is 37.7 Å². The van der Waals surface area contributed by atoms with E-state index in [0.29, 0.717) is 18.7 Å². The summed E-state index contributed by atoms with van der Waals surface area (Å²) >= 11 is 0. The third-order valence-corrected chi connectivity index (χ3v) is 4.19. The number of nitrogens with one attached hydrogen (secondary N) is 2. The van der Waals surface area contributed by atoms with Crippen molar-refractivity contribution in [3.05, 3.63) is 53.9 Å². The first-order valence-corrected chi connectivity index (χ1v) is 8.47. The van der Waals surface area contributed by atoms with Gasteiger partial charge in [0.2, 0.25) is 0 Å². The summed E-state index contributed by atoms with van der Waals surface area (Å²) in [6.07, 6.45) is 5.46. The molecular formula is C19H23N3O3. The molecule has 1 fully saturated rings. The Morgan fingerprint density at radius 1 is 1.36 bits per heavy atom. The van der Waals surface area contributed by atoms with Crippen LogP contribution in [-0.4, -0.2) is 37.3 Å². The monoisotopic (exact) mass is 341 g/mol. The number of ether oxygens (including phenoxy) is 2. The summed E-state index contributed by atoms with van der Waals surface area (Å²) in [5.41, 5.74) is 2.36. The zero-order valence-electron chi connectivity index (χ0n) is 14.3. The number of aromatic nitrogens is 1. The maximum Gasteiger partial charge on any atom is 0.253 e. The Morgan fingerprint density at radius 3 is 3.04 bits per heavy atom. The Kier molecular flexibility index (Phi) is 5.85. The van der Waals surface area contributed by atoms with Crippen LogP contribution < -0.4 is 15.4 Å². The Hall–Kier alpha value is -2.60. The van der Waals surface area contributed by atoms with E-state index < -0.39 is 0 Å². The Balaban J connectivity index is 1.58. The van der Waals surface area contributed by atoms with Gasteiger partial charge in [-0.1, -0.05) is 18.2 Å². The number of methoxy groups -OCH3 is 1. The van der Waals surface area contributed by atoms with Gasteiger partial charge in [-0.2, -0.15) is 0 Å². The molecule has 25 heavy (non-hydrogen) atoms. The number of anilines is 1. The van der Waals surface area contributed by atoms with Crippen LogP contribution >= 0.6 is 0 Å². The fourth-order valence-corrected chi connectivity index (χ4v) is 2.82. The maximum atomic E-state index is 12.3. The maximum absolute atomic E-state index is 12.3. The Bertz CT molecular complexity index is 715. The number of para-hydroxylation sites is 1. The fraction of sp³-hybridized carbons (Fsp3) is 0.368. The van der Waals surface area contributed by atoms with Gasteiger partial charge in [-0.05, 0) is 25.0 Å². The Labute approximate surface area is 147 Å². The van der Waals surface area contributed by atoms with Crippen LogP contribution in [0.25, 0.3) is 0 Å². The number of carbonyl (C=O) groups is 1. The van der Waals surface area contributed by atoms with Crippen molar-refractivity contribution in [3.8, 4) is 5.75 Å². The second-order valence-electron chi connectivity index (χ2n) is 5.97. The summed E-state index contributed by atoms with van der Waals surface area (Å²) in [7, 11) is 1.65. The molecule has 1 unspecified atom stereocenters.